The molecule has 0 unspecified atom stereocenters. The quantitative estimate of drug-likeness (QED) is 0.650. The van der Waals surface area contributed by atoms with Crippen LogP contribution in [-0.2, 0) is 14.3 Å². The second kappa shape index (κ2) is 5.92. The van der Waals surface area contributed by atoms with Crippen molar-refractivity contribution in [3.05, 3.63) is 11.6 Å². The molecular weight excluding hydrogens is 312 g/mol. The molecule has 5 atom stereocenters. The molecule has 0 bridgehead atoms. The Labute approximate surface area is 151 Å². The molecule has 5 rings (SSSR count). The molecular formula is C22H32O3. The van der Waals surface area contributed by atoms with Gasteiger partial charge in [0.05, 0.1) is 13.2 Å². The Balaban J connectivity index is 1.53. The van der Waals surface area contributed by atoms with E-state index < -0.39 is 5.79 Å². The molecule has 5 aliphatic rings. The summed E-state index contributed by atoms with van der Waals surface area (Å²) in [7, 11) is 0. The molecule has 25 heavy (non-hydrogen) atoms. The third-order valence-corrected chi connectivity index (χ3v) is 8.48. The summed E-state index contributed by atoms with van der Waals surface area (Å²) in [4.78, 5) is 13.5. The lowest BCUT2D eigenvalue weighted by molar-refractivity contribution is -0.324. The highest BCUT2D eigenvalue weighted by Gasteiger charge is 2.68. The van der Waals surface area contributed by atoms with Crippen molar-refractivity contribution in [3.63, 3.8) is 0 Å². The lowest BCUT2D eigenvalue weighted by Crippen LogP contribution is -2.60. The standard InChI is InChI=1S/C22H32O3/c1-2-21-14-19(23)20-16-7-4-3-6-15(16)8-9-17(20)18(21)10-11-22(21)24-12-5-13-25-22/h6,16-18,20H,2-5,7-14H2,1H3/t16-,17-,18-,20+,21-/m0/s1. The van der Waals surface area contributed by atoms with E-state index in [2.05, 4.69) is 13.0 Å². The third-order valence-electron chi connectivity index (χ3n) is 8.48. The highest BCUT2D eigenvalue weighted by molar-refractivity contribution is 5.84. The molecule has 0 aromatic heterocycles. The van der Waals surface area contributed by atoms with Crippen LogP contribution in [-0.4, -0.2) is 24.8 Å². The molecule has 3 saturated carbocycles. The van der Waals surface area contributed by atoms with E-state index >= 15 is 0 Å². The first-order valence-electron chi connectivity index (χ1n) is 10.7. The van der Waals surface area contributed by atoms with E-state index in [1.54, 1.807) is 5.57 Å². The Hall–Kier alpha value is -0.670. The van der Waals surface area contributed by atoms with Crippen molar-refractivity contribution < 1.29 is 14.3 Å². The molecule has 1 saturated heterocycles. The number of allylic oxidation sites excluding steroid dienone is 2. The summed E-state index contributed by atoms with van der Waals surface area (Å²) in [6.07, 6.45) is 13.5. The molecule has 1 spiro atoms. The molecule has 0 radical (unpaired) electrons. The number of Topliss-reactive ketones (excluding diaryl/α,β-unsaturated/α-hetero) is 1. The fraction of sp³-hybridized carbons (Fsp3) is 0.864. The largest absolute Gasteiger partial charge is 0.349 e. The fourth-order valence-electron chi connectivity index (χ4n) is 7.52. The minimum atomic E-state index is -0.464. The highest BCUT2D eigenvalue weighted by atomic mass is 16.7. The number of hydrogen-bond acceptors (Lipinski definition) is 3. The van der Waals surface area contributed by atoms with Crippen LogP contribution >= 0.6 is 0 Å². The monoisotopic (exact) mass is 344 g/mol. The van der Waals surface area contributed by atoms with Gasteiger partial charge in [-0.3, -0.25) is 4.79 Å². The minimum Gasteiger partial charge on any atom is -0.349 e. The summed E-state index contributed by atoms with van der Waals surface area (Å²) in [5.74, 6) is 2.09. The zero-order valence-electron chi connectivity index (χ0n) is 15.6. The van der Waals surface area contributed by atoms with Crippen LogP contribution in [0, 0.1) is 29.1 Å². The normalized spacial score (nSPS) is 45.5. The molecule has 1 aliphatic heterocycles. The molecule has 3 nitrogen and oxygen atoms in total. The number of rotatable bonds is 1. The predicted molar refractivity (Wildman–Crippen MR) is 96.0 cm³/mol. The average Bonchev–Trinajstić information content (AvgIpc) is 2.96. The van der Waals surface area contributed by atoms with Gasteiger partial charge < -0.3 is 9.47 Å². The topological polar surface area (TPSA) is 35.5 Å². The summed E-state index contributed by atoms with van der Waals surface area (Å²) in [6.45, 7) is 3.86. The Morgan fingerprint density at radius 2 is 2.00 bits per heavy atom. The average molecular weight is 344 g/mol. The summed E-state index contributed by atoms with van der Waals surface area (Å²) in [5, 5.41) is 0. The number of carbonyl (C=O) groups is 1. The highest BCUT2D eigenvalue weighted by Crippen LogP contribution is 2.66. The van der Waals surface area contributed by atoms with Crippen molar-refractivity contribution in [2.45, 2.75) is 76.9 Å². The van der Waals surface area contributed by atoms with Gasteiger partial charge in [-0.15, -0.1) is 0 Å². The van der Waals surface area contributed by atoms with Crippen LogP contribution in [0.25, 0.3) is 0 Å². The van der Waals surface area contributed by atoms with Crippen LogP contribution in [0.1, 0.15) is 71.1 Å². The molecule has 3 heteroatoms. The molecule has 1 heterocycles. The molecule has 0 aromatic carbocycles. The number of ether oxygens (including phenoxy) is 2. The van der Waals surface area contributed by atoms with Gasteiger partial charge in [0, 0.05) is 24.2 Å². The first-order valence-corrected chi connectivity index (χ1v) is 10.7. The van der Waals surface area contributed by atoms with Gasteiger partial charge >= 0.3 is 0 Å². The molecule has 0 aromatic rings. The van der Waals surface area contributed by atoms with Crippen LogP contribution in [0.2, 0.25) is 0 Å². The van der Waals surface area contributed by atoms with Gasteiger partial charge in [0.2, 0.25) is 0 Å². The van der Waals surface area contributed by atoms with Crippen molar-refractivity contribution in [3.8, 4) is 0 Å². The molecule has 0 N–H and O–H groups in total. The van der Waals surface area contributed by atoms with Gasteiger partial charge in [0.25, 0.3) is 0 Å². The van der Waals surface area contributed by atoms with E-state index in [0.29, 0.717) is 35.9 Å². The van der Waals surface area contributed by atoms with E-state index in [9.17, 15) is 4.79 Å². The van der Waals surface area contributed by atoms with E-state index in [1.807, 2.05) is 0 Å². The maximum Gasteiger partial charge on any atom is 0.174 e. The second-order valence-corrected chi connectivity index (χ2v) is 9.15. The Kier molecular flexibility index (Phi) is 3.91. The second-order valence-electron chi connectivity index (χ2n) is 9.15. The van der Waals surface area contributed by atoms with Crippen LogP contribution in [0.4, 0.5) is 0 Å². The van der Waals surface area contributed by atoms with Crippen LogP contribution in [0.3, 0.4) is 0 Å². The zero-order valence-corrected chi connectivity index (χ0v) is 15.6. The fourth-order valence-corrected chi connectivity index (χ4v) is 7.52. The maximum absolute atomic E-state index is 13.5. The number of fused-ring (bicyclic) bond motifs is 6. The first-order chi connectivity index (χ1) is 12.2. The number of ketones is 1. The SMILES string of the molecule is CC[C@]12CC(=O)[C@H]3[C@@H](CCC4=CCCC[C@@H]43)[C@@H]1CCC21OCCCO1. The van der Waals surface area contributed by atoms with E-state index in [-0.39, 0.29) is 5.41 Å². The van der Waals surface area contributed by atoms with Gasteiger partial charge in [-0.1, -0.05) is 18.6 Å². The van der Waals surface area contributed by atoms with Crippen molar-refractivity contribution in [1.82, 2.24) is 0 Å². The van der Waals surface area contributed by atoms with Crippen molar-refractivity contribution in [2.75, 3.05) is 13.2 Å². The third kappa shape index (κ3) is 2.15. The van der Waals surface area contributed by atoms with Crippen molar-refractivity contribution in [1.29, 1.82) is 0 Å². The lowest BCUT2D eigenvalue weighted by atomic mass is 9.50. The Morgan fingerprint density at radius 3 is 2.80 bits per heavy atom. The van der Waals surface area contributed by atoms with E-state index in [1.165, 1.54) is 38.5 Å². The summed E-state index contributed by atoms with van der Waals surface area (Å²) < 4.78 is 12.7. The first kappa shape index (κ1) is 16.5. The Morgan fingerprint density at radius 1 is 1.16 bits per heavy atom. The smallest absolute Gasteiger partial charge is 0.174 e. The molecule has 4 aliphatic carbocycles. The van der Waals surface area contributed by atoms with Gasteiger partial charge in [0.15, 0.2) is 5.79 Å². The summed E-state index contributed by atoms with van der Waals surface area (Å²) >= 11 is 0. The summed E-state index contributed by atoms with van der Waals surface area (Å²) in [6, 6.07) is 0. The summed E-state index contributed by atoms with van der Waals surface area (Å²) in [5.41, 5.74) is 1.55. The van der Waals surface area contributed by atoms with Crippen LogP contribution < -0.4 is 0 Å². The van der Waals surface area contributed by atoms with Gasteiger partial charge in [-0.05, 0) is 69.1 Å². The van der Waals surface area contributed by atoms with Crippen LogP contribution in [0.15, 0.2) is 11.6 Å². The van der Waals surface area contributed by atoms with Gasteiger partial charge in [0.1, 0.15) is 5.78 Å². The maximum atomic E-state index is 13.5. The number of hydrogen-bond donors (Lipinski definition) is 0. The van der Waals surface area contributed by atoms with Crippen LogP contribution in [0.5, 0.6) is 0 Å². The zero-order chi connectivity index (χ0) is 17.1. The predicted octanol–water partition coefficient (Wildman–Crippen LogP) is 4.65. The van der Waals surface area contributed by atoms with E-state index in [0.717, 1.165) is 32.5 Å². The minimum absolute atomic E-state index is 0.0679. The Bertz CT molecular complexity index is 588. The van der Waals surface area contributed by atoms with Gasteiger partial charge in [-0.25, -0.2) is 0 Å². The molecule has 4 fully saturated rings. The number of carbonyl (C=O) groups excluding carboxylic acids is 1. The lowest BCUT2D eigenvalue weighted by Gasteiger charge is -2.57. The van der Waals surface area contributed by atoms with Crippen molar-refractivity contribution >= 4 is 5.78 Å². The molecule has 0 amide bonds. The van der Waals surface area contributed by atoms with Crippen molar-refractivity contribution in [2.24, 2.45) is 29.1 Å². The van der Waals surface area contributed by atoms with E-state index in [4.69, 9.17) is 9.47 Å². The van der Waals surface area contributed by atoms with Gasteiger partial charge in [-0.2, -0.15) is 0 Å². The molecule has 138 valence electrons.